The van der Waals surface area contributed by atoms with Crippen molar-refractivity contribution < 1.29 is 4.74 Å². The van der Waals surface area contributed by atoms with Crippen LogP contribution in [0, 0.1) is 0 Å². The van der Waals surface area contributed by atoms with Crippen LogP contribution in [0.25, 0.3) is 22.6 Å². The van der Waals surface area contributed by atoms with Crippen molar-refractivity contribution in [3.8, 4) is 17.3 Å². The Morgan fingerprint density at radius 2 is 2.06 bits per heavy atom. The molecule has 0 amide bonds. The maximum atomic E-state index is 5.17. The van der Waals surface area contributed by atoms with Crippen LogP contribution in [0.15, 0.2) is 42.6 Å². The molecule has 0 radical (unpaired) electrons. The molecule has 0 saturated carbocycles. The molecule has 3 aromatic rings. The number of pyridine rings is 1. The summed E-state index contributed by atoms with van der Waals surface area (Å²) in [7, 11) is 1.64. The SMILES string of the molecule is COc1ccnc(-c2nc3ccccc3[nH]2)c1. The van der Waals surface area contributed by atoms with Crippen molar-refractivity contribution in [3.63, 3.8) is 0 Å². The minimum absolute atomic E-state index is 0.755. The molecule has 3 rings (SSSR count). The standard InChI is InChI=1S/C13H11N3O/c1-17-9-6-7-14-12(8-9)13-15-10-4-2-3-5-11(10)16-13/h2-8H,1H3,(H,15,16). The first-order valence-electron chi connectivity index (χ1n) is 5.32. The molecule has 0 aliphatic heterocycles. The lowest BCUT2D eigenvalue weighted by atomic mass is 10.3. The normalized spacial score (nSPS) is 10.6. The fourth-order valence-corrected chi connectivity index (χ4v) is 1.74. The number of aromatic amines is 1. The van der Waals surface area contributed by atoms with E-state index < -0.39 is 0 Å². The summed E-state index contributed by atoms with van der Waals surface area (Å²) in [6, 6.07) is 11.6. The second-order valence-corrected chi connectivity index (χ2v) is 3.68. The topological polar surface area (TPSA) is 50.8 Å². The molecular weight excluding hydrogens is 214 g/mol. The number of para-hydroxylation sites is 2. The highest BCUT2D eigenvalue weighted by molar-refractivity contribution is 5.78. The van der Waals surface area contributed by atoms with Gasteiger partial charge in [0.15, 0.2) is 5.82 Å². The van der Waals surface area contributed by atoms with E-state index in [0.29, 0.717) is 0 Å². The van der Waals surface area contributed by atoms with E-state index >= 15 is 0 Å². The minimum Gasteiger partial charge on any atom is -0.497 e. The largest absolute Gasteiger partial charge is 0.497 e. The number of methoxy groups -OCH3 is 1. The Hall–Kier alpha value is -2.36. The Labute approximate surface area is 98.3 Å². The van der Waals surface area contributed by atoms with Gasteiger partial charge in [0, 0.05) is 12.3 Å². The molecule has 0 bridgehead atoms. The molecule has 4 nitrogen and oxygen atoms in total. The highest BCUT2D eigenvalue weighted by Crippen LogP contribution is 2.21. The Morgan fingerprint density at radius 3 is 2.88 bits per heavy atom. The Morgan fingerprint density at radius 1 is 1.18 bits per heavy atom. The molecule has 2 aromatic heterocycles. The predicted octanol–water partition coefficient (Wildman–Crippen LogP) is 2.63. The van der Waals surface area contributed by atoms with Gasteiger partial charge in [0.2, 0.25) is 0 Å². The number of H-pyrrole nitrogens is 1. The molecule has 1 aromatic carbocycles. The van der Waals surface area contributed by atoms with Gasteiger partial charge in [0.1, 0.15) is 11.4 Å². The van der Waals surface area contributed by atoms with Crippen LogP contribution in [0.1, 0.15) is 0 Å². The van der Waals surface area contributed by atoms with E-state index in [0.717, 1.165) is 28.3 Å². The van der Waals surface area contributed by atoms with E-state index in [1.807, 2.05) is 36.4 Å². The molecule has 0 spiro atoms. The number of nitrogens with one attached hydrogen (secondary N) is 1. The molecule has 0 atom stereocenters. The van der Waals surface area contributed by atoms with Crippen molar-refractivity contribution in [2.24, 2.45) is 0 Å². The van der Waals surface area contributed by atoms with E-state index in [2.05, 4.69) is 15.0 Å². The average molecular weight is 225 g/mol. The molecule has 0 saturated heterocycles. The van der Waals surface area contributed by atoms with E-state index in [9.17, 15) is 0 Å². The molecule has 0 aliphatic carbocycles. The number of hydrogen-bond donors (Lipinski definition) is 1. The van der Waals surface area contributed by atoms with Crippen LogP contribution in [0.3, 0.4) is 0 Å². The summed E-state index contributed by atoms with van der Waals surface area (Å²) in [6.45, 7) is 0. The van der Waals surface area contributed by atoms with Gasteiger partial charge in [0.05, 0.1) is 18.1 Å². The van der Waals surface area contributed by atoms with Crippen molar-refractivity contribution in [2.45, 2.75) is 0 Å². The fraction of sp³-hybridized carbons (Fsp3) is 0.0769. The summed E-state index contributed by atoms with van der Waals surface area (Å²) in [5, 5.41) is 0. The maximum absolute atomic E-state index is 5.17. The van der Waals surface area contributed by atoms with Crippen molar-refractivity contribution >= 4 is 11.0 Å². The van der Waals surface area contributed by atoms with Crippen LogP contribution >= 0.6 is 0 Å². The van der Waals surface area contributed by atoms with Crippen LogP contribution in [0.4, 0.5) is 0 Å². The zero-order chi connectivity index (χ0) is 11.7. The molecule has 84 valence electrons. The molecule has 0 aliphatic rings. The van der Waals surface area contributed by atoms with Gasteiger partial charge in [-0.25, -0.2) is 4.98 Å². The van der Waals surface area contributed by atoms with Gasteiger partial charge in [-0.3, -0.25) is 4.98 Å². The van der Waals surface area contributed by atoms with Crippen molar-refractivity contribution in [1.82, 2.24) is 15.0 Å². The Balaban J connectivity index is 2.13. The van der Waals surface area contributed by atoms with Crippen LogP contribution < -0.4 is 4.74 Å². The lowest BCUT2D eigenvalue weighted by molar-refractivity contribution is 0.414. The Bertz CT molecular complexity index is 627. The summed E-state index contributed by atoms with van der Waals surface area (Å²) in [5.74, 6) is 1.53. The highest BCUT2D eigenvalue weighted by atomic mass is 16.5. The monoisotopic (exact) mass is 225 g/mol. The smallest absolute Gasteiger partial charge is 0.157 e. The van der Waals surface area contributed by atoms with Gasteiger partial charge in [0.25, 0.3) is 0 Å². The Kier molecular flexibility index (Phi) is 2.26. The quantitative estimate of drug-likeness (QED) is 0.729. The van der Waals surface area contributed by atoms with E-state index in [4.69, 9.17) is 4.74 Å². The summed E-state index contributed by atoms with van der Waals surface area (Å²) in [4.78, 5) is 12.0. The van der Waals surface area contributed by atoms with Gasteiger partial charge in [-0.2, -0.15) is 0 Å². The van der Waals surface area contributed by atoms with Crippen molar-refractivity contribution in [2.75, 3.05) is 7.11 Å². The maximum Gasteiger partial charge on any atom is 0.157 e. The number of ether oxygens (including phenoxy) is 1. The number of benzene rings is 1. The van der Waals surface area contributed by atoms with Crippen LogP contribution in [-0.4, -0.2) is 22.1 Å². The second kappa shape index (κ2) is 3.90. The van der Waals surface area contributed by atoms with Crippen LogP contribution in [0.5, 0.6) is 5.75 Å². The first kappa shape index (κ1) is 9.84. The fourth-order valence-electron chi connectivity index (χ4n) is 1.74. The van der Waals surface area contributed by atoms with Crippen molar-refractivity contribution in [1.29, 1.82) is 0 Å². The van der Waals surface area contributed by atoms with Crippen LogP contribution in [-0.2, 0) is 0 Å². The number of rotatable bonds is 2. The third-order valence-electron chi connectivity index (χ3n) is 2.60. The zero-order valence-corrected chi connectivity index (χ0v) is 9.34. The summed E-state index contributed by atoms with van der Waals surface area (Å²) in [5.41, 5.74) is 2.72. The number of hydrogen-bond acceptors (Lipinski definition) is 3. The van der Waals surface area contributed by atoms with Crippen LogP contribution in [0.2, 0.25) is 0 Å². The van der Waals surface area contributed by atoms with E-state index in [1.54, 1.807) is 13.3 Å². The second-order valence-electron chi connectivity index (χ2n) is 3.68. The molecular formula is C13H11N3O. The summed E-state index contributed by atoms with van der Waals surface area (Å²) >= 11 is 0. The third kappa shape index (κ3) is 1.73. The molecule has 2 heterocycles. The number of fused-ring (bicyclic) bond motifs is 1. The number of imidazole rings is 1. The molecule has 1 N–H and O–H groups in total. The van der Waals surface area contributed by atoms with Gasteiger partial charge in [-0.1, -0.05) is 12.1 Å². The highest BCUT2D eigenvalue weighted by Gasteiger charge is 2.06. The van der Waals surface area contributed by atoms with Crippen molar-refractivity contribution in [3.05, 3.63) is 42.6 Å². The van der Waals surface area contributed by atoms with E-state index in [-0.39, 0.29) is 0 Å². The zero-order valence-electron chi connectivity index (χ0n) is 9.34. The molecule has 0 unspecified atom stereocenters. The van der Waals surface area contributed by atoms with Gasteiger partial charge < -0.3 is 9.72 Å². The van der Waals surface area contributed by atoms with Gasteiger partial charge >= 0.3 is 0 Å². The third-order valence-corrected chi connectivity index (χ3v) is 2.60. The lowest BCUT2D eigenvalue weighted by Crippen LogP contribution is -1.88. The minimum atomic E-state index is 0.755. The molecule has 0 fully saturated rings. The number of aromatic nitrogens is 3. The summed E-state index contributed by atoms with van der Waals surface area (Å²) in [6.07, 6.45) is 1.71. The average Bonchev–Trinajstić information content (AvgIpc) is 2.82. The number of nitrogens with zero attached hydrogens (tertiary/aromatic N) is 2. The summed E-state index contributed by atoms with van der Waals surface area (Å²) < 4.78 is 5.17. The van der Waals surface area contributed by atoms with Gasteiger partial charge in [-0.15, -0.1) is 0 Å². The lowest BCUT2D eigenvalue weighted by Gasteiger charge is -2.00. The molecule has 17 heavy (non-hydrogen) atoms. The van der Waals surface area contributed by atoms with Gasteiger partial charge in [-0.05, 0) is 18.2 Å². The predicted molar refractivity (Wildman–Crippen MR) is 65.9 cm³/mol. The first-order valence-corrected chi connectivity index (χ1v) is 5.32. The van der Waals surface area contributed by atoms with E-state index in [1.165, 1.54) is 0 Å². The first-order chi connectivity index (χ1) is 8.36. The molecule has 4 heteroatoms.